The van der Waals surface area contributed by atoms with Gasteiger partial charge in [-0.25, -0.2) is 4.79 Å². The lowest BCUT2D eigenvalue weighted by Crippen LogP contribution is -2.70. The lowest BCUT2D eigenvalue weighted by atomic mass is 9.55. The second-order valence-electron chi connectivity index (χ2n) is 14.3. The number of hydrogen-bond acceptors (Lipinski definition) is 11. The Kier molecular flexibility index (Phi) is 16.0. The van der Waals surface area contributed by atoms with E-state index in [4.69, 9.17) is 45.3 Å². The van der Waals surface area contributed by atoms with Crippen molar-refractivity contribution in [2.75, 3.05) is 52.6 Å². The monoisotopic (exact) mass is 796 g/mol. The van der Waals surface area contributed by atoms with E-state index < -0.39 is 23.8 Å². The van der Waals surface area contributed by atoms with Gasteiger partial charge in [-0.3, -0.25) is 9.69 Å². The van der Waals surface area contributed by atoms with Crippen molar-refractivity contribution in [3.05, 3.63) is 71.8 Å². The summed E-state index contributed by atoms with van der Waals surface area (Å²) < 4.78 is 31.6. The molecule has 1 aliphatic heterocycles. The Bertz CT molecular complexity index is 1700. The molecule has 56 heavy (non-hydrogen) atoms. The zero-order valence-corrected chi connectivity index (χ0v) is 33.6. The van der Waals surface area contributed by atoms with Crippen LogP contribution in [-0.4, -0.2) is 97.6 Å². The van der Waals surface area contributed by atoms with E-state index in [1.807, 2.05) is 32.0 Å². The van der Waals surface area contributed by atoms with Crippen LogP contribution in [0, 0.1) is 17.8 Å². The van der Waals surface area contributed by atoms with Crippen LogP contribution in [0.25, 0.3) is 0 Å². The highest BCUT2D eigenvalue weighted by atomic mass is 35.5. The van der Waals surface area contributed by atoms with Gasteiger partial charge in [-0.15, -0.1) is 18.2 Å². The number of fused-ring (bicyclic) bond motifs is 2. The quantitative estimate of drug-likeness (QED) is 0.0395. The van der Waals surface area contributed by atoms with Gasteiger partial charge in [0.05, 0.1) is 36.8 Å². The molecule has 12 nitrogen and oxygen atoms in total. The van der Waals surface area contributed by atoms with Crippen molar-refractivity contribution in [2.45, 2.75) is 83.0 Å². The number of alkyl halides is 1. The Morgan fingerprint density at radius 3 is 2.52 bits per heavy atom. The molecule has 13 heteroatoms. The van der Waals surface area contributed by atoms with Gasteiger partial charge in [-0.2, -0.15) is 0 Å². The number of aldehydes is 1. The van der Waals surface area contributed by atoms with Gasteiger partial charge in [0, 0.05) is 37.7 Å². The Labute approximate surface area is 335 Å². The molecule has 0 bridgehead atoms. The van der Waals surface area contributed by atoms with Gasteiger partial charge in [0.2, 0.25) is 5.79 Å². The number of ether oxygens (including phenoxy) is 5. The number of aliphatic hydroxyl groups excluding tert-OH is 2. The molecule has 2 aliphatic carbocycles. The maximum Gasteiger partial charge on any atom is 0.410 e. The molecule has 3 aliphatic rings. The highest BCUT2D eigenvalue weighted by Crippen LogP contribution is 2.62. The van der Waals surface area contributed by atoms with Crippen molar-refractivity contribution in [3.63, 3.8) is 0 Å². The topological polar surface area (TPSA) is 146 Å². The van der Waals surface area contributed by atoms with Crippen LogP contribution in [0.3, 0.4) is 0 Å². The summed E-state index contributed by atoms with van der Waals surface area (Å²) in [4.78, 5) is 33.3. The number of nitrogens with zero attached hydrogens (tertiary/aromatic N) is 2. The second kappa shape index (κ2) is 20.9. The predicted molar refractivity (Wildman–Crippen MR) is 214 cm³/mol. The van der Waals surface area contributed by atoms with Crippen molar-refractivity contribution < 1.29 is 48.3 Å². The number of carbonyl (C=O) groups excluding carboxylic acids is 2. The highest BCUT2D eigenvalue weighted by molar-refractivity contribution is 6.18. The van der Waals surface area contributed by atoms with Crippen LogP contribution >= 0.6 is 11.6 Å². The van der Waals surface area contributed by atoms with Gasteiger partial charge in [0.15, 0.2) is 6.29 Å². The molecule has 1 fully saturated rings. The third kappa shape index (κ3) is 9.36. The maximum atomic E-state index is 14.0. The van der Waals surface area contributed by atoms with Crippen LogP contribution in [0.15, 0.2) is 65.9 Å². The van der Waals surface area contributed by atoms with E-state index in [1.54, 1.807) is 29.2 Å². The van der Waals surface area contributed by atoms with Gasteiger partial charge in [0.1, 0.15) is 42.3 Å². The molecule has 1 heterocycles. The maximum absolute atomic E-state index is 14.0. The van der Waals surface area contributed by atoms with Crippen molar-refractivity contribution in [1.82, 2.24) is 4.90 Å². The SMILES string of the molecule is C=CCO[C@@]12Oc3ccc(Oc4ccc(OC)c(C=O)c4)cc3[C@H]3[C@H](CCCCO)[C@@H](CCCCO)C=C(C(=NOCC)C[C@@H]1N(CCC)C(=O)OCCCl)[C@H]32. The van der Waals surface area contributed by atoms with Crippen LogP contribution in [0.1, 0.15) is 87.1 Å². The van der Waals surface area contributed by atoms with Crippen molar-refractivity contribution in [2.24, 2.45) is 22.9 Å². The van der Waals surface area contributed by atoms with Gasteiger partial charge in [0.25, 0.3) is 0 Å². The molecule has 0 spiro atoms. The van der Waals surface area contributed by atoms with E-state index in [9.17, 15) is 19.8 Å². The lowest BCUT2D eigenvalue weighted by Gasteiger charge is -2.59. The lowest BCUT2D eigenvalue weighted by molar-refractivity contribution is -0.255. The summed E-state index contributed by atoms with van der Waals surface area (Å²) >= 11 is 5.98. The van der Waals surface area contributed by atoms with E-state index in [1.165, 1.54) is 7.11 Å². The summed E-state index contributed by atoms with van der Waals surface area (Å²) in [6.07, 6.45) is 9.63. The number of benzene rings is 2. The van der Waals surface area contributed by atoms with Gasteiger partial charge >= 0.3 is 6.09 Å². The Morgan fingerprint density at radius 1 is 1.09 bits per heavy atom. The number of carbonyl (C=O) groups is 2. The van der Waals surface area contributed by atoms with Crippen molar-refractivity contribution >= 4 is 29.7 Å². The standard InChI is InChI=1S/C43H57ClN2O10/c1-5-19-46(42(50)52-23-18-44)39-27-36(45-54-7-3)34-25-29(12-8-10-20-47)33(13-9-11-21-48)40-35-26-32(55-31-14-16-37(51-4)30(24-31)28-49)15-17-38(35)56-43(39,41(34)40)53-22-6-2/h6,14-17,24-26,28-29,33,39-41,47-48H,2,5,7-13,18-23,27H2,1,3-4H3/t29-,33+,39-,40+,41+,43+/m0/s1. The van der Waals surface area contributed by atoms with E-state index in [2.05, 4.69) is 12.7 Å². The van der Waals surface area contributed by atoms with Crippen LogP contribution in [0.4, 0.5) is 4.79 Å². The van der Waals surface area contributed by atoms with Crippen molar-refractivity contribution in [1.29, 1.82) is 0 Å². The molecule has 0 radical (unpaired) electrons. The fourth-order valence-corrected chi connectivity index (χ4v) is 8.76. The van der Waals surface area contributed by atoms with E-state index >= 15 is 0 Å². The number of aliphatic hydroxyl groups is 2. The third-order valence-corrected chi connectivity index (χ3v) is 11.0. The first-order valence-corrected chi connectivity index (χ1v) is 20.4. The number of amides is 1. The molecule has 0 aromatic heterocycles. The van der Waals surface area contributed by atoms with Gasteiger partial charge < -0.3 is 38.7 Å². The Hall–Kier alpha value is -4.10. The van der Waals surface area contributed by atoms with E-state index in [0.29, 0.717) is 66.7 Å². The second-order valence-corrected chi connectivity index (χ2v) is 14.7. The first-order chi connectivity index (χ1) is 27.3. The largest absolute Gasteiger partial charge is 0.496 e. The molecule has 2 aromatic carbocycles. The fraction of sp³-hybridized carbons (Fsp3) is 0.558. The first-order valence-electron chi connectivity index (χ1n) is 19.8. The Balaban J connectivity index is 1.76. The molecule has 306 valence electrons. The summed E-state index contributed by atoms with van der Waals surface area (Å²) in [6, 6.07) is 10.1. The highest BCUT2D eigenvalue weighted by Gasteiger charge is 2.65. The third-order valence-electron chi connectivity index (χ3n) is 10.9. The molecule has 2 aromatic rings. The molecule has 1 saturated carbocycles. The zero-order chi connectivity index (χ0) is 40.1. The van der Waals surface area contributed by atoms with Gasteiger partial charge in [-0.1, -0.05) is 37.1 Å². The van der Waals surface area contributed by atoms with Crippen molar-refractivity contribution in [3.8, 4) is 23.0 Å². The molecular weight excluding hydrogens is 740 g/mol. The summed E-state index contributed by atoms with van der Waals surface area (Å²) in [6.45, 7) is 8.94. The minimum atomic E-state index is -1.40. The molecule has 6 atom stereocenters. The number of allylic oxidation sites excluding steroid dienone is 1. The van der Waals surface area contributed by atoms with Crippen LogP contribution in [0.5, 0.6) is 23.0 Å². The number of rotatable bonds is 22. The van der Waals surface area contributed by atoms with E-state index in [0.717, 1.165) is 43.1 Å². The minimum Gasteiger partial charge on any atom is -0.496 e. The number of hydrogen-bond donors (Lipinski definition) is 2. The van der Waals surface area contributed by atoms with Gasteiger partial charge in [-0.05, 0) is 92.8 Å². The van der Waals surface area contributed by atoms with E-state index in [-0.39, 0.29) is 56.5 Å². The first kappa shape index (κ1) is 43.0. The summed E-state index contributed by atoms with van der Waals surface area (Å²) in [5.41, 5.74) is 2.91. The minimum absolute atomic E-state index is 0.0381. The molecule has 0 unspecified atom stereocenters. The summed E-state index contributed by atoms with van der Waals surface area (Å²) in [7, 11) is 1.51. The smallest absolute Gasteiger partial charge is 0.410 e. The predicted octanol–water partition coefficient (Wildman–Crippen LogP) is 8.04. The number of unbranched alkanes of at least 4 members (excludes halogenated alkanes) is 2. The molecule has 2 N–H and O–H groups in total. The molecule has 1 amide bonds. The number of oxime groups is 1. The summed E-state index contributed by atoms with van der Waals surface area (Å²) in [5, 5.41) is 24.4. The fourth-order valence-electron chi connectivity index (χ4n) is 8.68. The van der Waals surface area contributed by atoms with Crippen LogP contribution in [-0.2, 0) is 14.3 Å². The normalized spacial score (nSPS) is 24.2. The van der Waals surface area contributed by atoms with Crippen LogP contribution in [0.2, 0.25) is 0 Å². The molecular formula is C43H57ClN2O10. The Morgan fingerprint density at radius 2 is 1.84 bits per heavy atom. The average Bonchev–Trinajstić information content (AvgIpc) is 3.21. The summed E-state index contributed by atoms with van der Waals surface area (Å²) in [5.74, 6) is 0.203. The molecule has 0 saturated heterocycles. The average molecular weight is 797 g/mol. The number of methoxy groups -OCH3 is 1. The number of halogens is 1. The molecule has 5 rings (SSSR count). The zero-order valence-electron chi connectivity index (χ0n) is 32.8. The van der Waals surface area contributed by atoms with Crippen LogP contribution < -0.4 is 14.2 Å².